The number of aliphatic hydroxyl groups excluding tert-OH is 1. The van der Waals surface area contributed by atoms with Crippen molar-refractivity contribution in [1.82, 2.24) is 15.1 Å². The van der Waals surface area contributed by atoms with Crippen molar-refractivity contribution in [1.29, 1.82) is 0 Å². The molecule has 1 aliphatic rings. The summed E-state index contributed by atoms with van der Waals surface area (Å²) >= 11 is 0. The van der Waals surface area contributed by atoms with Gasteiger partial charge in [0.15, 0.2) is 11.5 Å². The molecule has 0 bridgehead atoms. The summed E-state index contributed by atoms with van der Waals surface area (Å²) in [5, 5.41) is 17.2. The Morgan fingerprint density at radius 3 is 3.14 bits per heavy atom. The Bertz CT molecular complexity index is 588. The Morgan fingerprint density at radius 1 is 1.36 bits per heavy atom. The first kappa shape index (κ1) is 14.7. The van der Waals surface area contributed by atoms with Crippen LogP contribution in [0.5, 0.6) is 17.2 Å². The van der Waals surface area contributed by atoms with E-state index in [-0.39, 0.29) is 13.4 Å². The molecule has 2 aromatic rings. The van der Waals surface area contributed by atoms with E-state index in [1.165, 1.54) is 0 Å². The van der Waals surface area contributed by atoms with Crippen LogP contribution in [0.4, 0.5) is 0 Å². The Hall–Kier alpha value is -2.25. The van der Waals surface area contributed by atoms with E-state index in [4.69, 9.17) is 14.2 Å². The van der Waals surface area contributed by atoms with Crippen molar-refractivity contribution in [3.8, 4) is 17.2 Å². The van der Waals surface area contributed by atoms with Gasteiger partial charge >= 0.3 is 0 Å². The fourth-order valence-electron chi connectivity index (χ4n) is 2.11. The lowest BCUT2D eigenvalue weighted by Crippen LogP contribution is -2.33. The number of hydrogen-bond donors (Lipinski definition) is 2. The molecule has 0 saturated carbocycles. The summed E-state index contributed by atoms with van der Waals surface area (Å²) in [6.45, 7) is 2.42. The van der Waals surface area contributed by atoms with Crippen LogP contribution < -0.4 is 19.5 Å². The summed E-state index contributed by atoms with van der Waals surface area (Å²) in [6.07, 6.45) is 3.07. The third kappa shape index (κ3) is 3.90. The van der Waals surface area contributed by atoms with E-state index in [9.17, 15) is 5.11 Å². The number of rotatable bonds is 8. The van der Waals surface area contributed by atoms with Gasteiger partial charge in [0, 0.05) is 31.5 Å². The second-order valence-corrected chi connectivity index (χ2v) is 4.95. The van der Waals surface area contributed by atoms with E-state index in [2.05, 4.69) is 10.4 Å². The van der Waals surface area contributed by atoms with Crippen LogP contribution in [-0.4, -0.2) is 47.5 Å². The van der Waals surface area contributed by atoms with Gasteiger partial charge in [0.1, 0.15) is 18.5 Å². The van der Waals surface area contributed by atoms with E-state index < -0.39 is 6.10 Å². The number of hydrogen-bond acceptors (Lipinski definition) is 6. The number of nitrogens with zero attached hydrogens (tertiary/aromatic N) is 2. The minimum atomic E-state index is -0.581. The maximum Gasteiger partial charge on any atom is 0.231 e. The molecule has 7 nitrogen and oxygen atoms in total. The zero-order valence-corrected chi connectivity index (χ0v) is 12.1. The van der Waals surface area contributed by atoms with Gasteiger partial charge in [-0.05, 0) is 18.2 Å². The number of aliphatic hydroxyl groups is 1. The zero-order valence-electron chi connectivity index (χ0n) is 12.1. The predicted octanol–water partition coefficient (Wildman–Crippen LogP) is 0.641. The second-order valence-electron chi connectivity index (χ2n) is 4.95. The van der Waals surface area contributed by atoms with E-state index in [1.54, 1.807) is 24.4 Å². The zero-order chi connectivity index (χ0) is 15.2. The molecule has 1 aromatic heterocycles. The van der Waals surface area contributed by atoms with Gasteiger partial charge in [-0.1, -0.05) is 0 Å². The molecule has 0 radical (unpaired) electrons. The Labute approximate surface area is 128 Å². The van der Waals surface area contributed by atoms with Crippen molar-refractivity contribution in [2.45, 2.75) is 12.6 Å². The summed E-state index contributed by atoms with van der Waals surface area (Å²) < 4.78 is 17.9. The van der Waals surface area contributed by atoms with Crippen molar-refractivity contribution < 1.29 is 19.3 Å². The smallest absolute Gasteiger partial charge is 0.231 e. The van der Waals surface area contributed by atoms with Crippen molar-refractivity contribution in [3.05, 3.63) is 36.7 Å². The van der Waals surface area contributed by atoms with Crippen molar-refractivity contribution >= 4 is 0 Å². The molecule has 3 rings (SSSR count). The number of benzene rings is 1. The molecule has 2 N–H and O–H groups in total. The van der Waals surface area contributed by atoms with Gasteiger partial charge in [0.25, 0.3) is 0 Å². The monoisotopic (exact) mass is 305 g/mol. The van der Waals surface area contributed by atoms with Crippen LogP contribution in [0, 0.1) is 0 Å². The molecule has 1 aromatic carbocycles. The molecule has 7 heteroatoms. The molecular weight excluding hydrogens is 286 g/mol. The molecule has 0 fully saturated rings. The van der Waals surface area contributed by atoms with E-state index >= 15 is 0 Å². The van der Waals surface area contributed by atoms with Gasteiger partial charge in [0.2, 0.25) is 6.79 Å². The largest absolute Gasteiger partial charge is 0.491 e. The molecule has 1 aliphatic heterocycles. The molecule has 1 atom stereocenters. The van der Waals surface area contributed by atoms with Gasteiger partial charge in [-0.15, -0.1) is 0 Å². The fourth-order valence-corrected chi connectivity index (χ4v) is 2.11. The number of nitrogens with one attached hydrogen (secondary N) is 1. The van der Waals surface area contributed by atoms with Crippen molar-refractivity contribution in [2.75, 3.05) is 26.5 Å². The van der Waals surface area contributed by atoms with E-state index in [0.29, 0.717) is 23.8 Å². The standard InChI is InChI=1S/C15H19N3O4/c19-12(9-16-5-7-18-6-1-4-17-18)10-20-13-2-3-14-15(8-13)22-11-21-14/h1-4,6,8,12,16,19H,5,7,9-11H2. The summed E-state index contributed by atoms with van der Waals surface area (Å²) in [6, 6.07) is 7.24. The maximum atomic E-state index is 9.90. The summed E-state index contributed by atoms with van der Waals surface area (Å²) in [7, 11) is 0. The molecule has 22 heavy (non-hydrogen) atoms. The predicted molar refractivity (Wildman–Crippen MR) is 79.2 cm³/mol. The minimum Gasteiger partial charge on any atom is -0.491 e. The summed E-state index contributed by atoms with van der Waals surface area (Å²) in [4.78, 5) is 0. The highest BCUT2D eigenvalue weighted by molar-refractivity contribution is 5.46. The molecule has 1 unspecified atom stereocenters. The van der Waals surface area contributed by atoms with Crippen LogP contribution in [0.25, 0.3) is 0 Å². The maximum absolute atomic E-state index is 9.90. The van der Waals surface area contributed by atoms with Crippen LogP contribution >= 0.6 is 0 Å². The molecule has 0 aliphatic carbocycles. The highest BCUT2D eigenvalue weighted by Gasteiger charge is 2.14. The van der Waals surface area contributed by atoms with Crippen LogP contribution in [0.1, 0.15) is 0 Å². The van der Waals surface area contributed by atoms with Gasteiger partial charge < -0.3 is 24.6 Å². The lowest BCUT2D eigenvalue weighted by atomic mass is 10.3. The first-order chi connectivity index (χ1) is 10.8. The van der Waals surface area contributed by atoms with Gasteiger partial charge in [-0.25, -0.2) is 0 Å². The Kier molecular flexibility index (Phi) is 4.77. The average molecular weight is 305 g/mol. The normalized spacial score (nSPS) is 14.0. The number of ether oxygens (including phenoxy) is 3. The highest BCUT2D eigenvalue weighted by atomic mass is 16.7. The van der Waals surface area contributed by atoms with Crippen LogP contribution in [0.15, 0.2) is 36.7 Å². The molecule has 118 valence electrons. The van der Waals surface area contributed by atoms with E-state index in [0.717, 1.165) is 13.1 Å². The average Bonchev–Trinajstić information content (AvgIpc) is 3.20. The molecule has 0 amide bonds. The van der Waals surface area contributed by atoms with Gasteiger partial charge in [-0.2, -0.15) is 5.10 Å². The topological polar surface area (TPSA) is 77.8 Å². The third-order valence-electron chi connectivity index (χ3n) is 3.24. The Morgan fingerprint density at radius 2 is 2.27 bits per heavy atom. The summed E-state index contributed by atoms with van der Waals surface area (Å²) in [5.41, 5.74) is 0. The van der Waals surface area contributed by atoms with Crippen molar-refractivity contribution in [3.63, 3.8) is 0 Å². The molecule has 0 saturated heterocycles. The number of aromatic nitrogens is 2. The van der Waals surface area contributed by atoms with Crippen LogP contribution in [0.2, 0.25) is 0 Å². The van der Waals surface area contributed by atoms with Crippen LogP contribution in [-0.2, 0) is 6.54 Å². The van der Waals surface area contributed by atoms with Gasteiger partial charge in [0.05, 0.1) is 6.54 Å². The Balaban J connectivity index is 1.34. The lowest BCUT2D eigenvalue weighted by molar-refractivity contribution is 0.106. The van der Waals surface area contributed by atoms with Crippen molar-refractivity contribution in [2.24, 2.45) is 0 Å². The quantitative estimate of drug-likeness (QED) is 0.697. The fraction of sp³-hybridized carbons (Fsp3) is 0.400. The highest BCUT2D eigenvalue weighted by Crippen LogP contribution is 2.35. The molecule has 0 spiro atoms. The molecular formula is C15H19N3O4. The first-order valence-electron chi connectivity index (χ1n) is 7.20. The lowest BCUT2D eigenvalue weighted by Gasteiger charge is -2.13. The second kappa shape index (κ2) is 7.15. The minimum absolute atomic E-state index is 0.217. The molecule has 2 heterocycles. The van der Waals surface area contributed by atoms with E-state index in [1.807, 2.05) is 16.9 Å². The first-order valence-corrected chi connectivity index (χ1v) is 7.20. The summed E-state index contributed by atoms with van der Waals surface area (Å²) in [5.74, 6) is 2.04. The van der Waals surface area contributed by atoms with Gasteiger partial charge in [-0.3, -0.25) is 4.68 Å². The SMILES string of the molecule is OC(CNCCn1cccn1)COc1ccc2c(c1)OCO2. The number of fused-ring (bicyclic) bond motifs is 1. The third-order valence-corrected chi connectivity index (χ3v) is 3.24. The van der Waals surface area contributed by atoms with Crippen LogP contribution in [0.3, 0.4) is 0 Å².